The molecular formula is C15H17ClN2O. The van der Waals surface area contributed by atoms with E-state index in [9.17, 15) is 4.79 Å². The van der Waals surface area contributed by atoms with E-state index < -0.39 is 0 Å². The molecule has 19 heavy (non-hydrogen) atoms. The third-order valence-electron chi connectivity index (χ3n) is 2.84. The topological polar surface area (TPSA) is 42.0 Å². The lowest BCUT2D eigenvalue weighted by molar-refractivity contribution is 0.102. The Hall–Kier alpha value is -1.87. The Morgan fingerprint density at radius 2 is 1.79 bits per heavy atom. The minimum Gasteiger partial charge on any atom is -0.321 e. The summed E-state index contributed by atoms with van der Waals surface area (Å²) in [6.07, 6.45) is 3.22. The number of hydrogen-bond acceptors (Lipinski definition) is 2. The van der Waals surface area contributed by atoms with E-state index in [0.29, 0.717) is 5.56 Å². The van der Waals surface area contributed by atoms with Gasteiger partial charge in [-0.2, -0.15) is 0 Å². The Kier molecular flexibility index (Phi) is 5.07. The maximum absolute atomic E-state index is 12.1. The van der Waals surface area contributed by atoms with Crippen molar-refractivity contribution in [1.82, 2.24) is 4.98 Å². The highest BCUT2D eigenvalue weighted by atomic mass is 35.5. The van der Waals surface area contributed by atoms with E-state index in [4.69, 9.17) is 0 Å². The summed E-state index contributed by atoms with van der Waals surface area (Å²) in [7, 11) is 0. The maximum atomic E-state index is 12.1. The van der Waals surface area contributed by atoms with Gasteiger partial charge in [0.1, 0.15) is 0 Å². The smallest absolute Gasteiger partial charge is 0.257 e. The van der Waals surface area contributed by atoms with Crippen molar-refractivity contribution in [2.45, 2.75) is 20.8 Å². The number of benzene rings is 1. The van der Waals surface area contributed by atoms with Crippen LogP contribution in [0.3, 0.4) is 0 Å². The Morgan fingerprint density at radius 3 is 2.32 bits per heavy atom. The van der Waals surface area contributed by atoms with Crippen LogP contribution in [0.25, 0.3) is 0 Å². The molecule has 1 aromatic carbocycles. The first-order valence-electron chi connectivity index (χ1n) is 5.87. The van der Waals surface area contributed by atoms with Crippen molar-refractivity contribution in [1.29, 1.82) is 0 Å². The highest BCUT2D eigenvalue weighted by Crippen LogP contribution is 2.22. The van der Waals surface area contributed by atoms with Crippen LogP contribution in [0.5, 0.6) is 0 Å². The van der Waals surface area contributed by atoms with Crippen LogP contribution in [-0.4, -0.2) is 10.9 Å². The molecule has 1 heterocycles. The average Bonchev–Trinajstić information content (AvgIpc) is 2.34. The SMILES string of the molecule is Cc1cc(C)c(NC(=O)c2cccnc2)c(C)c1.Cl. The van der Waals surface area contributed by atoms with E-state index >= 15 is 0 Å². The Balaban J connectivity index is 0.00000180. The molecule has 0 bridgehead atoms. The average molecular weight is 277 g/mol. The van der Waals surface area contributed by atoms with Gasteiger partial charge >= 0.3 is 0 Å². The third-order valence-corrected chi connectivity index (χ3v) is 2.84. The monoisotopic (exact) mass is 276 g/mol. The maximum Gasteiger partial charge on any atom is 0.257 e. The second kappa shape index (κ2) is 6.34. The lowest BCUT2D eigenvalue weighted by Gasteiger charge is -2.12. The third kappa shape index (κ3) is 3.55. The van der Waals surface area contributed by atoms with Crippen LogP contribution in [0.4, 0.5) is 5.69 Å². The molecule has 3 nitrogen and oxygen atoms in total. The molecule has 1 amide bonds. The first-order valence-corrected chi connectivity index (χ1v) is 5.87. The predicted octanol–water partition coefficient (Wildman–Crippen LogP) is 3.68. The molecule has 0 atom stereocenters. The molecule has 0 aliphatic heterocycles. The van der Waals surface area contributed by atoms with Gasteiger partial charge in [0.2, 0.25) is 0 Å². The van der Waals surface area contributed by atoms with Gasteiger partial charge in [-0.1, -0.05) is 17.7 Å². The molecule has 2 rings (SSSR count). The highest BCUT2D eigenvalue weighted by molar-refractivity contribution is 6.04. The first-order chi connectivity index (χ1) is 8.58. The van der Waals surface area contributed by atoms with Crippen LogP contribution in [0.1, 0.15) is 27.0 Å². The Bertz CT molecular complexity index is 559. The quantitative estimate of drug-likeness (QED) is 0.909. The number of halogens is 1. The van der Waals surface area contributed by atoms with Crippen molar-refractivity contribution in [3.05, 3.63) is 58.9 Å². The van der Waals surface area contributed by atoms with Crippen molar-refractivity contribution >= 4 is 24.0 Å². The summed E-state index contributed by atoms with van der Waals surface area (Å²) < 4.78 is 0. The molecule has 1 N–H and O–H groups in total. The molecule has 100 valence electrons. The molecular weight excluding hydrogens is 260 g/mol. The van der Waals surface area contributed by atoms with Crippen molar-refractivity contribution in [2.24, 2.45) is 0 Å². The van der Waals surface area contributed by atoms with Crippen LogP contribution < -0.4 is 5.32 Å². The lowest BCUT2D eigenvalue weighted by Crippen LogP contribution is -2.14. The van der Waals surface area contributed by atoms with E-state index in [1.807, 2.05) is 20.8 Å². The van der Waals surface area contributed by atoms with E-state index in [2.05, 4.69) is 22.4 Å². The number of aryl methyl sites for hydroxylation is 3. The Labute approximate surface area is 119 Å². The van der Waals surface area contributed by atoms with Crippen LogP contribution >= 0.6 is 12.4 Å². The molecule has 0 radical (unpaired) electrons. The summed E-state index contributed by atoms with van der Waals surface area (Å²) in [4.78, 5) is 16.0. The van der Waals surface area contributed by atoms with Gasteiger partial charge in [0, 0.05) is 18.1 Å². The van der Waals surface area contributed by atoms with Crippen LogP contribution in [0.15, 0.2) is 36.7 Å². The minimum atomic E-state index is -0.127. The van der Waals surface area contributed by atoms with E-state index in [1.165, 1.54) is 5.56 Å². The lowest BCUT2D eigenvalue weighted by atomic mass is 10.0. The number of hydrogen-bond donors (Lipinski definition) is 1. The first kappa shape index (κ1) is 15.2. The standard InChI is InChI=1S/C15H16N2O.ClH/c1-10-7-11(2)14(12(3)8-10)17-15(18)13-5-4-6-16-9-13;/h4-9H,1-3H3,(H,17,18);1H. The Morgan fingerprint density at radius 1 is 1.16 bits per heavy atom. The minimum absolute atomic E-state index is 0. The van der Waals surface area contributed by atoms with Gasteiger partial charge in [0.15, 0.2) is 0 Å². The van der Waals surface area contributed by atoms with E-state index in [1.54, 1.807) is 24.5 Å². The summed E-state index contributed by atoms with van der Waals surface area (Å²) in [5, 5.41) is 2.94. The fourth-order valence-corrected chi connectivity index (χ4v) is 2.06. The second-order valence-corrected chi connectivity index (χ2v) is 4.47. The molecule has 0 spiro atoms. The molecule has 0 saturated heterocycles. The second-order valence-electron chi connectivity index (χ2n) is 4.47. The normalized spacial score (nSPS) is 9.63. The molecule has 0 fully saturated rings. The van der Waals surface area contributed by atoms with Crippen molar-refractivity contribution in [3.8, 4) is 0 Å². The number of aromatic nitrogens is 1. The molecule has 0 aliphatic carbocycles. The van der Waals surface area contributed by atoms with Gasteiger partial charge in [-0.15, -0.1) is 12.4 Å². The fraction of sp³-hybridized carbons (Fsp3) is 0.200. The van der Waals surface area contributed by atoms with Crippen LogP contribution in [0.2, 0.25) is 0 Å². The molecule has 0 aliphatic rings. The summed E-state index contributed by atoms with van der Waals surface area (Å²) in [6.45, 7) is 6.05. The molecule has 1 aromatic heterocycles. The van der Waals surface area contributed by atoms with Crippen molar-refractivity contribution in [3.63, 3.8) is 0 Å². The zero-order valence-corrected chi connectivity index (χ0v) is 12.0. The van der Waals surface area contributed by atoms with E-state index in [-0.39, 0.29) is 18.3 Å². The molecule has 4 heteroatoms. The summed E-state index contributed by atoms with van der Waals surface area (Å²) in [5.41, 5.74) is 4.80. The number of anilines is 1. The largest absolute Gasteiger partial charge is 0.321 e. The highest BCUT2D eigenvalue weighted by Gasteiger charge is 2.09. The summed E-state index contributed by atoms with van der Waals surface area (Å²) >= 11 is 0. The molecule has 0 unspecified atom stereocenters. The van der Waals surface area contributed by atoms with Crippen molar-refractivity contribution < 1.29 is 4.79 Å². The number of nitrogens with one attached hydrogen (secondary N) is 1. The zero-order valence-electron chi connectivity index (χ0n) is 11.2. The van der Waals surface area contributed by atoms with Gasteiger partial charge < -0.3 is 5.32 Å². The number of carbonyl (C=O) groups is 1. The predicted molar refractivity (Wildman–Crippen MR) is 80.1 cm³/mol. The van der Waals surface area contributed by atoms with Gasteiger partial charge in [-0.3, -0.25) is 9.78 Å². The number of nitrogens with zero attached hydrogens (tertiary/aromatic N) is 1. The van der Waals surface area contributed by atoms with Crippen molar-refractivity contribution in [2.75, 3.05) is 5.32 Å². The van der Waals surface area contributed by atoms with Gasteiger partial charge in [-0.05, 0) is 44.0 Å². The fourth-order valence-electron chi connectivity index (χ4n) is 2.06. The molecule has 0 saturated carbocycles. The van der Waals surface area contributed by atoms with Crippen LogP contribution in [0, 0.1) is 20.8 Å². The van der Waals surface area contributed by atoms with Crippen LogP contribution in [-0.2, 0) is 0 Å². The molecule has 2 aromatic rings. The number of carbonyl (C=O) groups excluding carboxylic acids is 1. The van der Waals surface area contributed by atoms with Gasteiger partial charge in [-0.25, -0.2) is 0 Å². The van der Waals surface area contributed by atoms with E-state index in [0.717, 1.165) is 16.8 Å². The summed E-state index contributed by atoms with van der Waals surface area (Å²) in [5.74, 6) is -0.127. The number of amides is 1. The number of pyridine rings is 1. The zero-order chi connectivity index (χ0) is 13.1. The van der Waals surface area contributed by atoms with Gasteiger partial charge in [0.25, 0.3) is 5.91 Å². The van der Waals surface area contributed by atoms with Gasteiger partial charge in [0.05, 0.1) is 5.56 Å². The summed E-state index contributed by atoms with van der Waals surface area (Å²) in [6, 6.07) is 7.63. The number of rotatable bonds is 2.